The smallest absolute Gasteiger partial charge is 0.0864 e. The molecular weight excluding hydrogens is 234 g/mol. The zero-order valence-electron chi connectivity index (χ0n) is 10.4. The van der Waals surface area contributed by atoms with E-state index >= 15 is 0 Å². The fourth-order valence-corrected chi connectivity index (χ4v) is 2.69. The topological polar surface area (TPSA) is 52.5 Å². The van der Waals surface area contributed by atoms with E-state index in [9.17, 15) is 5.11 Å². The second kappa shape index (κ2) is 7.71. The predicted octanol–water partition coefficient (Wildman–Crippen LogP) is 1.80. The van der Waals surface area contributed by atoms with Gasteiger partial charge < -0.3 is 15.5 Å². The summed E-state index contributed by atoms with van der Waals surface area (Å²) < 4.78 is 0. The Hall–Kier alpha value is -0.550. The van der Waals surface area contributed by atoms with Crippen molar-refractivity contribution < 1.29 is 10.2 Å². The van der Waals surface area contributed by atoms with Crippen molar-refractivity contribution in [3.8, 4) is 0 Å². The third-order valence-electron chi connectivity index (χ3n) is 2.54. The summed E-state index contributed by atoms with van der Waals surface area (Å²) in [6, 6.07) is 8.47. The molecule has 0 fully saturated rings. The average Bonchev–Trinajstić information content (AvgIpc) is 2.36. The van der Waals surface area contributed by atoms with Crippen LogP contribution in [0.25, 0.3) is 0 Å². The Labute approximate surface area is 107 Å². The molecule has 0 bridgehead atoms. The minimum absolute atomic E-state index is 0.183. The summed E-state index contributed by atoms with van der Waals surface area (Å²) in [7, 11) is 0. The lowest BCUT2D eigenvalue weighted by Gasteiger charge is -2.17. The van der Waals surface area contributed by atoms with Gasteiger partial charge in [-0.2, -0.15) is 0 Å². The number of hydrogen-bond acceptors (Lipinski definition) is 4. The summed E-state index contributed by atoms with van der Waals surface area (Å²) in [4.78, 5) is 1.16. The number of thioether (sulfide) groups is 1. The van der Waals surface area contributed by atoms with Gasteiger partial charge in [-0.25, -0.2) is 0 Å². The first-order valence-electron chi connectivity index (χ1n) is 5.93. The van der Waals surface area contributed by atoms with Gasteiger partial charge in [-0.05, 0) is 25.1 Å². The molecule has 0 saturated carbocycles. The molecule has 0 saturated heterocycles. The maximum Gasteiger partial charge on any atom is 0.0864 e. The number of aliphatic hydroxyl groups excluding tert-OH is 2. The minimum atomic E-state index is -0.650. The molecule has 1 rings (SSSR count). The van der Waals surface area contributed by atoms with Crippen LogP contribution in [0.4, 0.5) is 0 Å². The maximum absolute atomic E-state index is 9.37. The van der Waals surface area contributed by atoms with Crippen LogP contribution >= 0.6 is 11.8 Å². The molecule has 2 atom stereocenters. The van der Waals surface area contributed by atoms with Crippen LogP contribution < -0.4 is 5.32 Å². The normalized spacial score (nSPS) is 14.6. The first kappa shape index (κ1) is 14.5. The summed E-state index contributed by atoms with van der Waals surface area (Å²) in [5.41, 5.74) is 1.24. The van der Waals surface area contributed by atoms with Gasteiger partial charge in [-0.1, -0.05) is 25.1 Å². The van der Waals surface area contributed by atoms with E-state index in [4.69, 9.17) is 5.11 Å². The Bertz CT molecular complexity index is 333. The van der Waals surface area contributed by atoms with Gasteiger partial charge in [0.25, 0.3) is 0 Å². The molecular formula is C13H21NO2S. The molecule has 0 amide bonds. The highest BCUT2D eigenvalue weighted by atomic mass is 32.2. The lowest BCUT2D eigenvalue weighted by Crippen LogP contribution is -2.19. The zero-order chi connectivity index (χ0) is 12.7. The van der Waals surface area contributed by atoms with E-state index in [1.54, 1.807) is 11.8 Å². The highest BCUT2D eigenvalue weighted by Gasteiger charge is 2.11. The van der Waals surface area contributed by atoms with Crippen molar-refractivity contribution in [3.05, 3.63) is 29.8 Å². The van der Waals surface area contributed by atoms with Gasteiger partial charge in [-0.3, -0.25) is 0 Å². The Morgan fingerprint density at radius 2 is 2.06 bits per heavy atom. The van der Waals surface area contributed by atoms with Gasteiger partial charge in [0, 0.05) is 16.7 Å². The lowest BCUT2D eigenvalue weighted by molar-refractivity contribution is 0.113. The van der Waals surface area contributed by atoms with Crippen LogP contribution in [0.3, 0.4) is 0 Å². The predicted molar refractivity (Wildman–Crippen MR) is 72.4 cm³/mol. The third-order valence-corrected chi connectivity index (χ3v) is 3.77. The van der Waals surface area contributed by atoms with Gasteiger partial charge in [0.05, 0.1) is 12.7 Å². The molecule has 1 aromatic carbocycles. The van der Waals surface area contributed by atoms with Crippen molar-refractivity contribution in [2.45, 2.75) is 30.9 Å². The van der Waals surface area contributed by atoms with E-state index in [2.05, 4.69) is 31.3 Å². The summed E-state index contributed by atoms with van der Waals surface area (Å²) in [6.07, 6.45) is -0.650. The van der Waals surface area contributed by atoms with Gasteiger partial charge in [0.2, 0.25) is 0 Å². The highest BCUT2D eigenvalue weighted by molar-refractivity contribution is 7.99. The molecule has 17 heavy (non-hydrogen) atoms. The van der Waals surface area contributed by atoms with Crippen LogP contribution in [-0.4, -0.2) is 35.2 Å². The molecule has 0 aliphatic rings. The summed E-state index contributed by atoms with van der Waals surface area (Å²) in [5, 5.41) is 21.5. The molecule has 96 valence electrons. The monoisotopic (exact) mass is 255 g/mol. The largest absolute Gasteiger partial charge is 0.394 e. The molecule has 0 aromatic heterocycles. The van der Waals surface area contributed by atoms with Crippen LogP contribution in [0.15, 0.2) is 29.2 Å². The molecule has 3 N–H and O–H groups in total. The van der Waals surface area contributed by atoms with Crippen LogP contribution in [-0.2, 0) is 0 Å². The van der Waals surface area contributed by atoms with Crippen molar-refractivity contribution in [1.29, 1.82) is 0 Å². The number of aliphatic hydroxyl groups is 2. The van der Waals surface area contributed by atoms with Gasteiger partial charge in [0.1, 0.15) is 0 Å². The molecule has 2 unspecified atom stereocenters. The van der Waals surface area contributed by atoms with E-state index in [-0.39, 0.29) is 6.61 Å². The van der Waals surface area contributed by atoms with Crippen molar-refractivity contribution in [3.63, 3.8) is 0 Å². The van der Waals surface area contributed by atoms with Crippen LogP contribution in [0.2, 0.25) is 0 Å². The van der Waals surface area contributed by atoms with Crippen LogP contribution in [0.1, 0.15) is 25.5 Å². The Kier molecular flexibility index (Phi) is 6.58. The molecule has 1 aromatic rings. The average molecular weight is 255 g/mol. The lowest BCUT2D eigenvalue weighted by atomic mass is 10.1. The minimum Gasteiger partial charge on any atom is -0.394 e. The molecule has 0 aliphatic carbocycles. The first-order chi connectivity index (χ1) is 8.19. The second-order valence-corrected chi connectivity index (χ2v) is 5.03. The highest BCUT2D eigenvalue weighted by Crippen LogP contribution is 2.27. The van der Waals surface area contributed by atoms with Gasteiger partial charge in [-0.15, -0.1) is 11.8 Å². The van der Waals surface area contributed by atoms with E-state index in [0.29, 0.717) is 11.8 Å². The van der Waals surface area contributed by atoms with E-state index < -0.39 is 6.10 Å². The molecule has 0 radical (unpaired) electrons. The van der Waals surface area contributed by atoms with Crippen molar-refractivity contribution in [1.82, 2.24) is 5.32 Å². The summed E-state index contributed by atoms with van der Waals surface area (Å²) in [6.45, 7) is 4.96. The summed E-state index contributed by atoms with van der Waals surface area (Å²) >= 11 is 1.58. The van der Waals surface area contributed by atoms with E-state index in [1.807, 2.05) is 12.1 Å². The second-order valence-electron chi connectivity index (χ2n) is 3.96. The molecule has 4 heteroatoms. The fourth-order valence-electron chi connectivity index (χ4n) is 1.62. The SMILES string of the molecule is CCNC(C)c1ccccc1SCC(O)CO. The van der Waals surface area contributed by atoms with Crippen molar-refractivity contribution in [2.75, 3.05) is 18.9 Å². The van der Waals surface area contributed by atoms with Gasteiger partial charge >= 0.3 is 0 Å². The standard InChI is InChI=1S/C13H21NO2S/c1-3-14-10(2)12-6-4-5-7-13(12)17-9-11(16)8-15/h4-7,10-11,14-16H,3,8-9H2,1-2H3. The van der Waals surface area contributed by atoms with E-state index in [1.165, 1.54) is 5.56 Å². The van der Waals surface area contributed by atoms with Crippen LogP contribution in [0, 0.1) is 0 Å². The Morgan fingerprint density at radius 3 is 2.71 bits per heavy atom. The third kappa shape index (κ3) is 4.68. The van der Waals surface area contributed by atoms with Crippen LogP contribution in [0.5, 0.6) is 0 Å². The first-order valence-corrected chi connectivity index (χ1v) is 6.91. The Balaban J connectivity index is 2.70. The molecule has 0 spiro atoms. The summed E-state index contributed by atoms with van der Waals surface area (Å²) in [5.74, 6) is 0.520. The number of hydrogen-bond donors (Lipinski definition) is 3. The van der Waals surface area contributed by atoms with Crippen molar-refractivity contribution >= 4 is 11.8 Å². The number of rotatable bonds is 7. The number of nitrogens with one attached hydrogen (secondary N) is 1. The molecule has 0 aliphatic heterocycles. The van der Waals surface area contributed by atoms with Crippen molar-refractivity contribution in [2.24, 2.45) is 0 Å². The molecule has 3 nitrogen and oxygen atoms in total. The zero-order valence-corrected chi connectivity index (χ0v) is 11.2. The fraction of sp³-hybridized carbons (Fsp3) is 0.538. The van der Waals surface area contributed by atoms with E-state index in [0.717, 1.165) is 11.4 Å². The molecule has 0 heterocycles. The quantitative estimate of drug-likeness (QED) is 0.650. The van der Waals surface area contributed by atoms with Gasteiger partial charge in [0.15, 0.2) is 0 Å². The number of benzene rings is 1. The Morgan fingerprint density at radius 1 is 1.35 bits per heavy atom. The maximum atomic E-state index is 9.37.